The lowest BCUT2D eigenvalue weighted by molar-refractivity contribution is -0.150. The van der Waals surface area contributed by atoms with E-state index in [1.165, 1.54) is 25.3 Å². The molecule has 6 nitrogen and oxygen atoms in total. The first-order valence-electron chi connectivity index (χ1n) is 7.79. The molecule has 1 aromatic carbocycles. The number of esters is 1. The molecular weight excluding hydrogens is 310 g/mol. The molecule has 1 aromatic rings. The van der Waals surface area contributed by atoms with E-state index in [2.05, 4.69) is 0 Å². The maximum absolute atomic E-state index is 12.1. The van der Waals surface area contributed by atoms with Crippen LogP contribution in [-0.2, 0) is 14.3 Å². The van der Waals surface area contributed by atoms with Gasteiger partial charge in [-0.2, -0.15) is 0 Å². The van der Waals surface area contributed by atoms with Crippen molar-refractivity contribution in [2.45, 2.75) is 39.8 Å². The average molecular weight is 335 g/mol. The summed E-state index contributed by atoms with van der Waals surface area (Å²) in [5.74, 6) is -0.508. The Bertz CT molecular complexity index is 599. The molecule has 1 N–H and O–H groups in total. The molecule has 132 valence electrons. The molecule has 0 atom stereocenters. The molecule has 0 radical (unpaired) electrons. The van der Waals surface area contributed by atoms with Crippen molar-refractivity contribution in [2.24, 2.45) is 0 Å². The molecule has 0 aliphatic rings. The molecule has 0 saturated carbocycles. The molecule has 0 unspecified atom stereocenters. The van der Waals surface area contributed by atoms with Crippen LogP contribution in [0, 0.1) is 0 Å². The third-order valence-corrected chi connectivity index (χ3v) is 3.35. The number of ether oxygens (including phenoxy) is 2. The highest BCUT2D eigenvalue weighted by molar-refractivity contribution is 5.89. The van der Waals surface area contributed by atoms with E-state index in [-0.39, 0.29) is 30.3 Å². The average Bonchev–Trinajstić information content (AvgIpc) is 2.51. The van der Waals surface area contributed by atoms with Crippen molar-refractivity contribution in [1.82, 2.24) is 4.90 Å². The predicted molar refractivity (Wildman–Crippen MR) is 91.8 cm³/mol. The van der Waals surface area contributed by atoms with Gasteiger partial charge in [0, 0.05) is 18.2 Å². The number of nitrogens with zero attached hydrogens (tertiary/aromatic N) is 1. The van der Waals surface area contributed by atoms with Crippen LogP contribution in [-0.4, -0.2) is 47.7 Å². The van der Waals surface area contributed by atoms with E-state index >= 15 is 0 Å². The van der Waals surface area contributed by atoms with Crippen LogP contribution in [0.3, 0.4) is 0 Å². The van der Waals surface area contributed by atoms with Crippen LogP contribution in [0.5, 0.6) is 11.5 Å². The van der Waals surface area contributed by atoms with Gasteiger partial charge in [0.15, 0.2) is 18.1 Å². The number of hydrogen-bond donors (Lipinski definition) is 1. The third kappa shape index (κ3) is 5.61. The molecule has 1 amide bonds. The Labute approximate surface area is 142 Å². The largest absolute Gasteiger partial charge is 0.504 e. The fraction of sp³-hybridized carbons (Fsp3) is 0.444. The molecule has 0 heterocycles. The Balaban J connectivity index is 2.61. The van der Waals surface area contributed by atoms with E-state index < -0.39 is 5.97 Å². The summed E-state index contributed by atoms with van der Waals surface area (Å²) in [7, 11) is 1.44. The number of phenolic OH excluding ortho intramolecular Hbond substituents is 1. The minimum Gasteiger partial charge on any atom is -0.504 e. The fourth-order valence-corrected chi connectivity index (χ4v) is 2.39. The van der Waals surface area contributed by atoms with Gasteiger partial charge >= 0.3 is 5.97 Å². The van der Waals surface area contributed by atoms with Gasteiger partial charge in [-0.1, -0.05) is 6.07 Å². The number of phenols is 1. The topological polar surface area (TPSA) is 76.1 Å². The Morgan fingerprint density at radius 1 is 1.21 bits per heavy atom. The van der Waals surface area contributed by atoms with Crippen LogP contribution < -0.4 is 4.74 Å². The first-order valence-corrected chi connectivity index (χ1v) is 7.79. The van der Waals surface area contributed by atoms with Gasteiger partial charge in [0.25, 0.3) is 5.91 Å². The summed E-state index contributed by atoms with van der Waals surface area (Å²) in [6.07, 6.45) is 2.76. The molecule has 24 heavy (non-hydrogen) atoms. The smallest absolute Gasteiger partial charge is 0.331 e. The number of benzene rings is 1. The van der Waals surface area contributed by atoms with Gasteiger partial charge in [-0.05, 0) is 51.5 Å². The van der Waals surface area contributed by atoms with Gasteiger partial charge in [0.1, 0.15) is 0 Å². The van der Waals surface area contributed by atoms with E-state index in [9.17, 15) is 14.7 Å². The zero-order chi connectivity index (χ0) is 18.3. The quantitative estimate of drug-likeness (QED) is 0.612. The molecule has 0 spiro atoms. The maximum atomic E-state index is 12.1. The lowest BCUT2D eigenvalue weighted by Gasteiger charge is -2.30. The summed E-state index contributed by atoms with van der Waals surface area (Å²) in [5, 5.41) is 9.52. The monoisotopic (exact) mass is 335 g/mol. The van der Waals surface area contributed by atoms with Crippen molar-refractivity contribution in [3.05, 3.63) is 29.8 Å². The maximum Gasteiger partial charge on any atom is 0.331 e. The van der Waals surface area contributed by atoms with E-state index in [4.69, 9.17) is 9.47 Å². The number of aromatic hydroxyl groups is 1. The summed E-state index contributed by atoms with van der Waals surface area (Å²) < 4.78 is 9.98. The van der Waals surface area contributed by atoms with Crippen LogP contribution >= 0.6 is 0 Å². The second kappa shape index (κ2) is 8.96. The zero-order valence-electron chi connectivity index (χ0n) is 14.8. The van der Waals surface area contributed by atoms with Crippen molar-refractivity contribution < 1.29 is 24.2 Å². The summed E-state index contributed by atoms with van der Waals surface area (Å²) in [5.41, 5.74) is 0.666. The molecule has 1 rings (SSSR count). The van der Waals surface area contributed by atoms with Crippen LogP contribution in [0.1, 0.15) is 33.3 Å². The number of carbonyl (C=O) groups is 2. The van der Waals surface area contributed by atoms with Crippen molar-refractivity contribution in [3.63, 3.8) is 0 Å². The molecule has 0 saturated heterocycles. The normalized spacial score (nSPS) is 11.1. The van der Waals surface area contributed by atoms with Crippen molar-refractivity contribution in [2.75, 3.05) is 13.7 Å². The lowest BCUT2D eigenvalue weighted by atomic mass is 10.2. The van der Waals surface area contributed by atoms with Crippen LogP contribution in [0.25, 0.3) is 6.08 Å². The minimum atomic E-state index is -0.608. The second-order valence-electron chi connectivity index (χ2n) is 5.86. The second-order valence-corrected chi connectivity index (χ2v) is 5.86. The van der Waals surface area contributed by atoms with Crippen molar-refractivity contribution in [3.8, 4) is 11.5 Å². The minimum absolute atomic E-state index is 0.0188. The van der Waals surface area contributed by atoms with E-state index in [0.717, 1.165) is 0 Å². The zero-order valence-corrected chi connectivity index (χ0v) is 14.8. The summed E-state index contributed by atoms with van der Waals surface area (Å²) in [4.78, 5) is 25.5. The number of methoxy groups -OCH3 is 1. The predicted octanol–water partition coefficient (Wildman–Crippen LogP) is 2.60. The van der Waals surface area contributed by atoms with Crippen molar-refractivity contribution in [1.29, 1.82) is 0 Å². The highest BCUT2D eigenvalue weighted by Crippen LogP contribution is 2.26. The van der Waals surface area contributed by atoms with Gasteiger partial charge in [-0.25, -0.2) is 4.79 Å². The molecular formula is C18H25NO5. The van der Waals surface area contributed by atoms with E-state index in [1.54, 1.807) is 17.0 Å². The van der Waals surface area contributed by atoms with Crippen LogP contribution in [0.15, 0.2) is 24.3 Å². The van der Waals surface area contributed by atoms with Crippen molar-refractivity contribution >= 4 is 18.0 Å². The third-order valence-electron chi connectivity index (χ3n) is 3.35. The van der Waals surface area contributed by atoms with Gasteiger partial charge in [0.05, 0.1) is 7.11 Å². The summed E-state index contributed by atoms with van der Waals surface area (Å²) in [6, 6.07) is 4.76. The first kappa shape index (κ1) is 19.5. The summed E-state index contributed by atoms with van der Waals surface area (Å²) >= 11 is 0. The molecule has 0 fully saturated rings. The molecule has 6 heteroatoms. The number of carbonyl (C=O) groups excluding carboxylic acids is 2. The first-order chi connectivity index (χ1) is 11.3. The van der Waals surface area contributed by atoms with Gasteiger partial charge in [0.2, 0.25) is 0 Å². The van der Waals surface area contributed by atoms with Gasteiger partial charge in [-0.15, -0.1) is 0 Å². The summed E-state index contributed by atoms with van der Waals surface area (Å²) in [6.45, 7) is 7.36. The van der Waals surface area contributed by atoms with E-state index in [1.807, 2.05) is 27.7 Å². The molecule has 0 aromatic heterocycles. The fourth-order valence-electron chi connectivity index (χ4n) is 2.39. The number of rotatable bonds is 7. The SMILES string of the molecule is COc1cc(C=CC(=O)OCC(=O)N(C(C)C)C(C)C)ccc1O. The van der Waals surface area contributed by atoms with Gasteiger partial charge in [-0.3, -0.25) is 4.79 Å². The Kier molecular flexibility index (Phi) is 7.30. The Hall–Kier alpha value is -2.50. The Morgan fingerprint density at radius 3 is 2.38 bits per heavy atom. The highest BCUT2D eigenvalue weighted by atomic mass is 16.5. The van der Waals surface area contributed by atoms with Crippen LogP contribution in [0.4, 0.5) is 0 Å². The molecule has 0 bridgehead atoms. The molecule has 0 aliphatic heterocycles. The Morgan fingerprint density at radius 2 is 1.83 bits per heavy atom. The van der Waals surface area contributed by atoms with Gasteiger partial charge < -0.3 is 19.5 Å². The standard InChI is InChI=1S/C18H25NO5/c1-12(2)19(13(3)4)17(21)11-24-18(22)9-7-14-6-8-15(20)16(10-14)23-5/h6-10,12-13,20H,11H2,1-5H3. The lowest BCUT2D eigenvalue weighted by Crippen LogP contribution is -2.44. The number of amides is 1. The molecule has 0 aliphatic carbocycles. The number of hydrogen-bond acceptors (Lipinski definition) is 5. The van der Waals surface area contributed by atoms with Crippen LogP contribution in [0.2, 0.25) is 0 Å². The van der Waals surface area contributed by atoms with E-state index in [0.29, 0.717) is 11.3 Å². The highest BCUT2D eigenvalue weighted by Gasteiger charge is 2.20.